The van der Waals surface area contributed by atoms with E-state index in [0.29, 0.717) is 27.9 Å². The number of hydrogen-bond acceptors (Lipinski definition) is 6. The molecule has 0 fully saturated rings. The van der Waals surface area contributed by atoms with Gasteiger partial charge in [-0.3, -0.25) is 9.59 Å². The van der Waals surface area contributed by atoms with Crippen molar-refractivity contribution in [3.63, 3.8) is 0 Å². The Hall–Kier alpha value is -4.32. The molecular formula is C33H25ClF3N3O3S2. The van der Waals surface area contributed by atoms with Gasteiger partial charge in [0.2, 0.25) is 0 Å². The molecule has 2 N–H and O–H groups in total. The Kier molecular flexibility index (Phi) is 10.1. The van der Waals surface area contributed by atoms with Crippen molar-refractivity contribution in [3.8, 4) is 21.7 Å². The molecule has 0 aliphatic rings. The Balaban J connectivity index is 1.52. The average molecular weight is 668 g/mol. The molecule has 0 spiro atoms. The number of alkyl halides is 3. The highest BCUT2D eigenvalue weighted by molar-refractivity contribution is 8.00. The van der Waals surface area contributed by atoms with E-state index in [4.69, 9.17) is 21.7 Å². The standard InChI is InChI=1S/C33H25ClF3N3O3S2/c34-25-12-10-22(11-13-25)29-30(23-4-2-1-3-5-23)44-32(39-29)40(26-14-16-27(17-15-26)45-33(35,36)37)20-21-6-8-24(9-7-21)31(43)38-19-18-28(41)42/h1-17H,18-20H2,(H,38,43)(H,41,42). The highest BCUT2D eigenvalue weighted by Gasteiger charge is 2.29. The van der Waals surface area contributed by atoms with Crippen molar-refractivity contribution in [1.82, 2.24) is 10.3 Å². The Labute approximate surface area is 270 Å². The highest BCUT2D eigenvalue weighted by atomic mass is 35.5. The van der Waals surface area contributed by atoms with E-state index >= 15 is 0 Å². The maximum Gasteiger partial charge on any atom is 0.446 e. The quantitative estimate of drug-likeness (QED) is 0.137. The second-order valence-electron chi connectivity index (χ2n) is 9.77. The van der Waals surface area contributed by atoms with Crippen molar-refractivity contribution in [3.05, 3.63) is 119 Å². The van der Waals surface area contributed by atoms with Crippen LogP contribution in [0.25, 0.3) is 21.7 Å². The number of carbonyl (C=O) groups excluding carboxylic acids is 1. The van der Waals surface area contributed by atoms with Gasteiger partial charge in [0.25, 0.3) is 5.91 Å². The number of aliphatic carboxylic acids is 1. The zero-order chi connectivity index (χ0) is 32.0. The van der Waals surface area contributed by atoms with E-state index in [1.54, 1.807) is 48.5 Å². The van der Waals surface area contributed by atoms with E-state index in [9.17, 15) is 22.8 Å². The number of amides is 1. The molecule has 230 valence electrons. The van der Waals surface area contributed by atoms with Crippen LogP contribution < -0.4 is 10.2 Å². The van der Waals surface area contributed by atoms with Gasteiger partial charge in [-0.15, -0.1) is 0 Å². The van der Waals surface area contributed by atoms with Crippen molar-refractivity contribution in [1.29, 1.82) is 0 Å². The predicted octanol–water partition coefficient (Wildman–Crippen LogP) is 9.29. The van der Waals surface area contributed by atoms with E-state index in [1.807, 2.05) is 47.4 Å². The third-order valence-corrected chi connectivity index (χ3v) is 8.68. The van der Waals surface area contributed by atoms with Crippen molar-refractivity contribution in [2.75, 3.05) is 11.4 Å². The summed E-state index contributed by atoms with van der Waals surface area (Å²) in [6.07, 6.45) is -0.185. The topological polar surface area (TPSA) is 82.5 Å². The molecule has 12 heteroatoms. The lowest BCUT2D eigenvalue weighted by Gasteiger charge is -2.23. The number of carbonyl (C=O) groups is 2. The number of anilines is 2. The van der Waals surface area contributed by atoms with Gasteiger partial charge in [-0.05, 0) is 71.4 Å². The van der Waals surface area contributed by atoms with Crippen molar-refractivity contribution in [2.24, 2.45) is 0 Å². The third kappa shape index (κ3) is 8.65. The van der Waals surface area contributed by atoms with E-state index in [-0.39, 0.29) is 29.6 Å². The van der Waals surface area contributed by atoms with Gasteiger partial charge in [-0.2, -0.15) is 13.2 Å². The zero-order valence-corrected chi connectivity index (χ0v) is 25.8. The number of nitrogens with one attached hydrogen (secondary N) is 1. The first-order chi connectivity index (χ1) is 21.6. The van der Waals surface area contributed by atoms with Crippen molar-refractivity contribution < 1.29 is 27.9 Å². The fraction of sp³-hybridized carbons (Fsp3) is 0.121. The molecule has 0 saturated carbocycles. The maximum absolute atomic E-state index is 13.0. The van der Waals surface area contributed by atoms with Gasteiger partial charge in [0.05, 0.1) is 23.5 Å². The molecule has 0 bridgehead atoms. The number of halogens is 4. The molecule has 5 aromatic rings. The maximum atomic E-state index is 13.0. The van der Waals surface area contributed by atoms with Crippen LogP contribution in [0.1, 0.15) is 22.3 Å². The second-order valence-corrected chi connectivity index (χ2v) is 12.3. The van der Waals surface area contributed by atoms with Crippen molar-refractivity contribution in [2.45, 2.75) is 23.4 Å². The molecule has 0 aliphatic carbocycles. The molecule has 0 atom stereocenters. The average Bonchev–Trinajstić information content (AvgIpc) is 3.46. The van der Waals surface area contributed by atoms with Crippen LogP contribution in [0.4, 0.5) is 24.0 Å². The normalized spacial score (nSPS) is 11.3. The number of nitrogens with zero attached hydrogens (tertiary/aromatic N) is 2. The Morgan fingerprint density at radius 1 is 0.889 bits per heavy atom. The van der Waals surface area contributed by atoms with Crippen molar-refractivity contribution >= 4 is 57.4 Å². The number of hydrogen-bond donors (Lipinski definition) is 2. The number of benzene rings is 4. The lowest BCUT2D eigenvalue weighted by molar-refractivity contribution is -0.136. The monoisotopic (exact) mass is 667 g/mol. The van der Waals surface area contributed by atoms with Crippen LogP contribution >= 0.6 is 34.7 Å². The molecule has 0 saturated heterocycles. The van der Waals surface area contributed by atoms with Crippen LogP contribution in [0.2, 0.25) is 5.02 Å². The summed E-state index contributed by atoms with van der Waals surface area (Å²) in [6.45, 7) is 0.310. The van der Waals surface area contributed by atoms with Crippen LogP contribution in [0.15, 0.2) is 108 Å². The molecule has 0 radical (unpaired) electrons. The fourth-order valence-corrected chi connectivity index (χ4v) is 6.22. The lowest BCUT2D eigenvalue weighted by Crippen LogP contribution is -2.26. The van der Waals surface area contributed by atoms with Gasteiger partial charge in [-0.25, -0.2) is 4.98 Å². The minimum atomic E-state index is -4.41. The summed E-state index contributed by atoms with van der Waals surface area (Å²) < 4.78 is 39.1. The summed E-state index contributed by atoms with van der Waals surface area (Å²) in [7, 11) is 0. The van der Waals surface area contributed by atoms with Crippen LogP contribution in [0, 0.1) is 0 Å². The van der Waals surface area contributed by atoms with Gasteiger partial charge >= 0.3 is 11.5 Å². The van der Waals surface area contributed by atoms with E-state index in [0.717, 1.165) is 27.3 Å². The Bertz CT molecular complexity index is 1760. The number of thiazole rings is 1. The third-order valence-electron chi connectivity index (χ3n) is 6.56. The van der Waals surface area contributed by atoms with E-state index in [1.165, 1.54) is 23.5 Å². The van der Waals surface area contributed by atoms with Crippen LogP contribution in [-0.2, 0) is 11.3 Å². The van der Waals surface area contributed by atoms with Crippen LogP contribution in [0.5, 0.6) is 0 Å². The summed E-state index contributed by atoms with van der Waals surface area (Å²) in [5, 5.41) is 12.6. The Morgan fingerprint density at radius 3 is 2.18 bits per heavy atom. The molecule has 4 aromatic carbocycles. The van der Waals surface area contributed by atoms with Gasteiger partial charge < -0.3 is 15.3 Å². The second kappa shape index (κ2) is 14.2. The predicted molar refractivity (Wildman–Crippen MR) is 173 cm³/mol. The molecule has 0 aliphatic heterocycles. The zero-order valence-electron chi connectivity index (χ0n) is 23.4. The summed E-state index contributed by atoms with van der Waals surface area (Å²) in [5.41, 5.74) is -0.0353. The first kappa shape index (κ1) is 32.1. The minimum absolute atomic E-state index is 0.00998. The summed E-state index contributed by atoms with van der Waals surface area (Å²) in [6, 6.07) is 30.1. The Morgan fingerprint density at radius 2 is 1.56 bits per heavy atom. The molecule has 45 heavy (non-hydrogen) atoms. The molecule has 6 nitrogen and oxygen atoms in total. The van der Waals surface area contributed by atoms with Gasteiger partial charge in [0.15, 0.2) is 5.13 Å². The molecular weight excluding hydrogens is 643 g/mol. The van der Waals surface area contributed by atoms with Gasteiger partial charge in [0, 0.05) is 33.3 Å². The van der Waals surface area contributed by atoms with E-state index < -0.39 is 17.4 Å². The molecule has 1 aromatic heterocycles. The fourth-order valence-electron chi connectivity index (χ4n) is 4.44. The molecule has 1 heterocycles. The first-order valence-electron chi connectivity index (χ1n) is 13.6. The molecule has 5 rings (SSSR count). The lowest BCUT2D eigenvalue weighted by atomic mass is 10.1. The minimum Gasteiger partial charge on any atom is -0.481 e. The van der Waals surface area contributed by atoms with Gasteiger partial charge in [-0.1, -0.05) is 77.5 Å². The van der Waals surface area contributed by atoms with Crippen LogP contribution in [-0.4, -0.2) is 34.0 Å². The highest BCUT2D eigenvalue weighted by Crippen LogP contribution is 2.44. The SMILES string of the molecule is O=C(O)CCNC(=O)c1ccc(CN(c2ccc(SC(F)(F)F)cc2)c2nc(-c3ccc(Cl)cc3)c(-c3ccccc3)s2)cc1. The summed E-state index contributed by atoms with van der Waals surface area (Å²) >= 11 is 7.43. The number of rotatable bonds is 11. The molecule has 0 unspecified atom stereocenters. The smallest absolute Gasteiger partial charge is 0.446 e. The number of aromatic nitrogens is 1. The largest absolute Gasteiger partial charge is 0.481 e. The molecule has 1 amide bonds. The number of carboxylic acids is 1. The number of carboxylic acid groups (broad SMARTS) is 1. The summed E-state index contributed by atoms with van der Waals surface area (Å²) in [4.78, 5) is 31.1. The number of thioether (sulfide) groups is 1. The summed E-state index contributed by atoms with van der Waals surface area (Å²) in [5.74, 6) is -1.40. The van der Waals surface area contributed by atoms with Crippen LogP contribution in [0.3, 0.4) is 0 Å². The van der Waals surface area contributed by atoms with Gasteiger partial charge in [0.1, 0.15) is 0 Å². The first-order valence-corrected chi connectivity index (χ1v) is 15.6. The van der Waals surface area contributed by atoms with E-state index in [2.05, 4.69) is 5.32 Å².